The number of ether oxygens (including phenoxy) is 1. The number of halogens is 1. The van der Waals surface area contributed by atoms with Crippen LogP contribution in [-0.2, 0) is 11.3 Å². The van der Waals surface area contributed by atoms with E-state index in [4.69, 9.17) is 9.73 Å². The van der Waals surface area contributed by atoms with Gasteiger partial charge in [0.05, 0.1) is 30.8 Å². The Morgan fingerprint density at radius 2 is 1.87 bits per heavy atom. The summed E-state index contributed by atoms with van der Waals surface area (Å²) < 4.78 is 5.39. The number of morpholine rings is 1. The summed E-state index contributed by atoms with van der Waals surface area (Å²) in [6, 6.07) is 6.81. The summed E-state index contributed by atoms with van der Waals surface area (Å²) in [4.78, 5) is 17.5. The van der Waals surface area contributed by atoms with Gasteiger partial charge in [-0.1, -0.05) is 12.1 Å². The van der Waals surface area contributed by atoms with Crippen molar-refractivity contribution >= 4 is 35.6 Å². The van der Waals surface area contributed by atoms with E-state index in [1.807, 2.05) is 0 Å². The van der Waals surface area contributed by atoms with Crippen molar-refractivity contribution in [2.75, 3.05) is 39.4 Å². The van der Waals surface area contributed by atoms with Crippen molar-refractivity contribution in [1.82, 2.24) is 15.5 Å². The molecule has 1 aliphatic heterocycles. The molecule has 9 nitrogen and oxygen atoms in total. The van der Waals surface area contributed by atoms with Crippen LogP contribution in [0.4, 0.5) is 5.69 Å². The van der Waals surface area contributed by atoms with E-state index in [1.54, 1.807) is 12.1 Å². The molecule has 1 saturated heterocycles. The van der Waals surface area contributed by atoms with E-state index in [9.17, 15) is 15.2 Å². The fourth-order valence-corrected chi connectivity index (χ4v) is 3.79. The summed E-state index contributed by atoms with van der Waals surface area (Å²) in [6.45, 7) is 5.90. The Morgan fingerprint density at radius 3 is 2.52 bits per heavy atom. The topological polar surface area (TPSA) is 112 Å². The van der Waals surface area contributed by atoms with Crippen molar-refractivity contribution in [1.29, 1.82) is 0 Å². The van der Waals surface area contributed by atoms with E-state index < -0.39 is 4.92 Å². The zero-order valence-corrected chi connectivity index (χ0v) is 20.2. The minimum atomic E-state index is -0.395. The van der Waals surface area contributed by atoms with Crippen molar-refractivity contribution in [2.24, 2.45) is 4.99 Å². The average Bonchev–Trinajstić information content (AvgIpc) is 2.77. The molecule has 3 rings (SSSR count). The van der Waals surface area contributed by atoms with Gasteiger partial charge in [-0.15, -0.1) is 24.0 Å². The molecule has 1 aliphatic carbocycles. The molecule has 1 heterocycles. The molecule has 174 valence electrons. The van der Waals surface area contributed by atoms with Gasteiger partial charge in [0.2, 0.25) is 0 Å². The Balaban J connectivity index is 0.00000341. The number of rotatable bonds is 8. The monoisotopic (exact) mass is 547 g/mol. The Morgan fingerprint density at radius 1 is 1.19 bits per heavy atom. The SMILES string of the molecule is I.O=[N+]([O-])c1ccc(CN=C(NCCCN2CCOCC2)NC2CCC(O)CC2)cc1. The summed E-state index contributed by atoms with van der Waals surface area (Å²) in [5.74, 6) is 0.761. The predicted molar refractivity (Wildman–Crippen MR) is 131 cm³/mol. The minimum Gasteiger partial charge on any atom is -0.393 e. The van der Waals surface area contributed by atoms with Gasteiger partial charge in [-0.25, -0.2) is 4.99 Å². The largest absolute Gasteiger partial charge is 0.393 e. The van der Waals surface area contributed by atoms with Gasteiger partial charge in [0, 0.05) is 37.8 Å². The number of aliphatic imine (C=N–C) groups is 1. The number of aliphatic hydroxyl groups is 1. The van der Waals surface area contributed by atoms with Crippen LogP contribution in [0.2, 0.25) is 0 Å². The summed E-state index contributed by atoms with van der Waals surface area (Å²) in [5, 5.41) is 27.5. The van der Waals surface area contributed by atoms with Crippen molar-refractivity contribution in [2.45, 2.75) is 50.8 Å². The van der Waals surface area contributed by atoms with Gasteiger partial charge in [0.15, 0.2) is 5.96 Å². The number of nitro benzene ring substituents is 1. The van der Waals surface area contributed by atoms with Crippen molar-refractivity contribution in [3.8, 4) is 0 Å². The number of non-ortho nitro benzene ring substituents is 1. The molecule has 0 aromatic heterocycles. The molecule has 0 radical (unpaired) electrons. The number of nitro groups is 1. The highest BCUT2D eigenvalue weighted by atomic mass is 127. The number of hydrogen-bond acceptors (Lipinski definition) is 6. The first kappa shape index (κ1) is 25.8. The second-order valence-electron chi connectivity index (χ2n) is 7.97. The molecule has 0 amide bonds. The molecule has 2 aliphatic rings. The van der Waals surface area contributed by atoms with Gasteiger partial charge in [-0.05, 0) is 44.2 Å². The van der Waals surface area contributed by atoms with Gasteiger partial charge in [0.25, 0.3) is 5.69 Å². The van der Waals surface area contributed by atoms with Crippen LogP contribution >= 0.6 is 24.0 Å². The van der Waals surface area contributed by atoms with E-state index in [2.05, 4.69) is 15.5 Å². The van der Waals surface area contributed by atoms with E-state index in [1.165, 1.54) is 12.1 Å². The van der Waals surface area contributed by atoms with Crippen molar-refractivity contribution in [3.63, 3.8) is 0 Å². The number of nitrogens with zero attached hydrogens (tertiary/aromatic N) is 3. The lowest BCUT2D eigenvalue weighted by Crippen LogP contribution is -2.46. The Hall–Kier alpha value is -1.50. The molecule has 0 bridgehead atoms. The summed E-state index contributed by atoms with van der Waals surface area (Å²) >= 11 is 0. The minimum absolute atomic E-state index is 0. The highest BCUT2D eigenvalue weighted by Crippen LogP contribution is 2.18. The first-order valence-electron chi connectivity index (χ1n) is 10.9. The van der Waals surface area contributed by atoms with Gasteiger partial charge in [0.1, 0.15) is 0 Å². The number of nitrogens with one attached hydrogen (secondary N) is 2. The fraction of sp³-hybridized carbons (Fsp3) is 0.667. The maximum atomic E-state index is 10.8. The van der Waals surface area contributed by atoms with Crippen LogP contribution in [0.25, 0.3) is 0 Å². The summed E-state index contributed by atoms with van der Waals surface area (Å²) in [5.41, 5.74) is 1.01. The molecule has 31 heavy (non-hydrogen) atoms. The number of aliphatic hydroxyl groups excluding tert-OH is 1. The molecule has 10 heteroatoms. The van der Waals surface area contributed by atoms with Crippen molar-refractivity contribution in [3.05, 3.63) is 39.9 Å². The van der Waals surface area contributed by atoms with Gasteiger partial charge < -0.3 is 20.5 Å². The third kappa shape index (κ3) is 9.26. The molecule has 0 atom stereocenters. The highest BCUT2D eigenvalue weighted by molar-refractivity contribution is 14.0. The highest BCUT2D eigenvalue weighted by Gasteiger charge is 2.20. The molecule has 0 unspecified atom stereocenters. The lowest BCUT2D eigenvalue weighted by molar-refractivity contribution is -0.384. The first-order valence-corrected chi connectivity index (χ1v) is 10.9. The lowest BCUT2D eigenvalue weighted by Gasteiger charge is -2.28. The van der Waals surface area contributed by atoms with Crippen LogP contribution in [0.3, 0.4) is 0 Å². The number of guanidine groups is 1. The Kier molecular flexibility index (Phi) is 11.5. The van der Waals surface area contributed by atoms with Gasteiger partial charge in [-0.3, -0.25) is 15.0 Å². The van der Waals surface area contributed by atoms with E-state index in [0.29, 0.717) is 12.6 Å². The maximum absolute atomic E-state index is 10.8. The first-order chi connectivity index (χ1) is 14.6. The second kappa shape index (κ2) is 13.8. The van der Waals surface area contributed by atoms with Gasteiger partial charge >= 0.3 is 0 Å². The van der Waals surface area contributed by atoms with E-state index in [-0.39, 0.29) is 35.8 Å². The average molecular weight is 547 g/mol. The third-order valence-electron chi connectivity index (χ3n) is 5.65. The van der Waals surface area contributed by atoms with E-state index >= 15 is 0 Å². The van der Waals surface area contributed by atoms with Crippen LogP contribution < -0.4 is 10.6 Å². The molecular formula is C21H34IN5O4. The molecule has 1 aromatic carbocycles. The molecule has 1 aromatic rings. The zero-order valence-electron chi connectivity index (χ0n) is 17.9. The Labute approximate surface area is 200 Å². The predicted octanol–water partition coefficient (Wildman–Crippen LogP) is 2.27. The normalized spacial score (nSPS) is 22.4. The maximum Gasteiger partial charge on any atom is 0.269 e. The van der Waals surface area contributed by atoms with Gasteiger partial charge in [-0.2, -0.15) is 0 Å². The van der Waals surface area contributed by atoms with E-state index in [0.717, 1.165) is 83.0 Å². The molecular weight excluding hydrogens is 513 g/mol. The second-order valence-corrected chi connectivity index (χ2v) is 7.97. The lowest BCUT2D eigenvalue weighted by atomic mass is 9.93. The zero-order chi connectivity index (χ0) is 21.2. The third-order valence-corrected chi connectivity index (χ3v) is 5.65. The van der Waals surface area contributed by atoms with Crippen LogP contribution in [0, 0.1) is 10.1 Å². The van der Waals surface area contributed by atoms with Crippen LogP contribution in [-0.4, -0.2) is 72.4 Å². The fourth-order valence-electron chi connectivity index (χ4n) is 3.79. The number of hydrogen-bond donors (Lipinski definition) is 3. The standard InChI is InChI=1S/C21H33N5O4.HI/c27-20-8-4-18(5-9-20)24-21(22-10-1-11-25-12-14-30-15-13-25)23-16-17-2-6-19(7-3-17)26(28)29;/h2-3,6-7,18,20,27H,1,4-5,8-16H2,(H2,22,23,24);1H. The Bertz CT molecular complexity index is 690. The molecule has 3 N–H and O–H groups in total. The molecule has 1 saturated carbocycles. The molecule has 0 spiro atoms. The molecule has 2 fully saturated rings. The van der Waals surface area contributed by atoms with Crippen LogP contribution in [0.5, 0.6) is 0 Å². The smallest absolute Gasteiger partial charge is 0.269 e. The summed E-state index contributed by atoms with van der Waals surface area (Å²) in [6.07, 6.45) is 4.29. The van der Waals surface area contributed by atoms with Crippen molar-refractivity contribution < 1.29 is 14.8 Å². The van der Waals surface area contributed by atoms with Crippen LogP contribution in [0.15, 0.2) is 29.3 Å². The van der Waals surface area contributed by atoms with Crippen LogP contribution in [0.1, 0.15) is 37.7 Å². The number of benzene rings is 1. The quantitative estimate of drug-likeness (QED) is 0.114. The summed E-state index contributed by atoms with van der Waals surface area (Å²) in [7, 11) is 0.